The number of hydrogen-bond donors (Lipinski definition) is 1. The Bertz CT molecular complexity index is 348. The first-order valence-electron chi connectivity index (χ1n) is 6.74. The molecule has 1 fully saturated rings. The van der Waals surface area contributed by atoms with Gasteiger partial charge in [0.1, 0.15) is 0 Å². The molecule has 1 aliphatic rings. The number of aryl methyl sites for hydroxylation is 1. The zero-order valence-corrected chi connectivity index (χ0v) is 12.0. The number of likely N-dealkylation sites (N-methyl/N-ethyl adjacent to an activating group) is 1. The molecule has 0 aliphatic carbocycles. The van der Waals surface area contributed by atoms with E-state index in [1.54, 1.807) is 0 Å². The molecule has 1 saturated heterocycles. The van der Waals surface area contributed by atoms with E-state index in [0.717, 1.165) is 12.6 Å². The van der Waals surface area contributed by atoms with E-state index in [9.17, 15) is 0 Å². The summed E-state index contributed by atoms with van der Waals surface area (Å²) in [7, 11) is 0. The highest BCUT2D eigenvalue weighted by Crippen LogP contribution is 2.23. The van der Waals surface area contributed by atoms with E-state index in [0.29, 0.717) is 6.04 Å². The van der Waals surface area contributed by atoms with Gasteiger partial charge in [-0.3, -0.25) is 4.90 Å². The molecule has 0 saturated carbocycles. The van der Waals surface area contributed by atoms with Crippen LogP contribution in [0.1, 0.15) is 42.5 Å². The highest BCUT2D eigenvalue weighted by Gasteiger charge is 2.23. The first-order valence-corrected chi connectivity index (χ1v) is 7.56. The van der Waals surface area contributed by atoms with Gasteiger partial charge in [-0.25, -0.2) is 0 Å². The van der Waals surface area contributed by atoms with Gasteiger partial charge in [0.2, 0.25) is 0 Å². The molecule has 2 heterocycles. The van der Waals surface area contributed by atoms with Gasteiger partial charge in [-0.05, 0) is 51.9 Å². The number of thiophene rings is 1. The van der Waals surface area contributed by atoms with Crippen molar-refractivity contribution in [2.45, 2.75) is 45.7 Å². The lowest BCUT2D eigenvalue weighted by Crippen LogP contribution is -2.38. The standard InChI is InChI=1S/C14H24N2S/c1-4-16-9-5-6-13(16)10-15-12(3)14-8-7-11(2)17-14/h7-8,12-13,15H,4-6,9-10H2,1-3H3. The first-order chi connectivity index (χ1) is 8.20. The van der Waals surface area contributed by atoms with Crippen LogP contribution in [0, 0.1) is 6.92 Å². The Morgan fingerprint density at radius 2 is 2.35 bits per heavy atom. The molecule has 0 radical (unpaired) electrons. The molecule has 0 amide bonds. The maximum atomic E-state index is 3.69. The van der Waals surface area contributed by atoms with Gasteiger partial charge in [0, 0.05) is 28.4 Å². The molecule has 17 heavy (non-hydrogen) atoms. The van der Waals surface area contributed by atoms with Crippen LogP contribution in [0.5, 0.6) is 0 Å². The number of nitrogens with one attached hydrogen (secondary N) is 1. The van der Waals surface area contributed by atoms with Gasteiger partial charge in [0.15, 0.2) is 0 Å². The fraction of sp³-hybridized carbons (Fsp3) is 0.714. The van der Waals surface area contributed by atoms with E-state index in [4.69, 9.17) is 0 Å². The average Bonchev–Trinajstić information content (AvgIpc) is 2.94. The SMILES string of the molecule is CCN1CCCC1CNC(C)c1ccc(C)s1. The Morgan fingerprint density at radius 1 is 1.53 bits per heavy atom. The van der Waals surface area contributed by atoms with Gasteiger partial charge in [-0.2, -0.15) is 0 Å². The van der Waals surface area contributed by atoms with Crippen LogP contribution >= 0.6 is 11.3 Å². The summed E-state index contributed by atoms with van der Waals surface area (Å²) < 4.78 is 0. The highest BCUT2D eigenvalue weighted by atomic mass is 32.1. The Kier molecular flexibility index (Phi) is 4.60. The van der Waals surface area contributed by atoms with E-state index in [1.165, 1.54) is 35.7 Å². The van der Waals surface area contributed by atoms with Crippen LogP contribution in [0.2, 0.25) is 0 Å². The van der Waals surface area contributed by atoms with E-state index in [-0.39, 0.29) is 0 Å². The van der Waals surface area contributed by atoms with Crippen LogP contribution < -0.4 is 5.32 Å². The highest BCUT2D eigenvalue weighted by molar-refractivity contribution is 7.12. The van der Waals surface area contributed by atoms with E-state index < -0.39 is 0 Å². The van der Waals surface area contributed by atoms with Crippen molar-refractivity contribution < 1.29 is 0 Å². The van der Waals surface area contributed by atoms with Crippen molar-refractivity contribution >= 4 is 11.3 Å². The van der Waals surface area contributed by atoms with Crippen molar-refractivity contribution in [1.29, 1.82) is 0 Å². The van der Waals surface area contributed by atoms with Crippen molar-refractivity contribution in [1.82, 2.24) is 10.2 Å². The van der Waals surface area contributed by atoms with Gasteiger partial charge in [-0.1, -0.05) is 6.92 Å². The normalized spacial score (nSPS) is 23.1. The summed E-state index contributed by atoms with van der Waals surface area (Å²) in [5.41, 5.74) is 0. The number of rotatable bonds is 5. The molecular formula is C14H24N2S. The topological polar surface area (TPSA) is 15.3 Å². The van der Waals surface area contributed by atoms with Crippen LogP contribution in [-0.4, -0.2) is 30.6 Å². The molecule has 1 N–H and O–H groups in total. The van der Waals surface area contributed by atoms with Gasteiger partial charge in [-0.15, -0.1) is 11.3 Å². The van der Waals surface area contributed by atoms with Crippen molar-refractivity contribution in [3.8, 4) is 0 Å². The second kappa shape index (κ2) is 5.98. The molecule has 2 unspecified atom stereocenters. The summed E-state index contributed by atoms with van der Waals surface area (Å²) in [6.07, 6.45) is 2.73. The third-order valence-electron chi connectivity index (χ3n) is 3.75. The summed E-state index contributed by atoms with van der Waals surface area (Å²) in [6.45, 7) is 10.3. The molecular weight excluding hydrogens is 228 g/mol. The largest absolute Gasteiger partial charge is 0.308 e. The zero-order valence-electron chi connectivity index (χ0n) is 11.2. The monoisotopic (exact) mass is 252 g/mol. The number of nitrogens with zero attached hydrogens (tertiary/aromatic N) is 1. The average molecular weight is 252 g/mol. The second-order valence-electron chi connectivity index (χ2n) is 5.00. The minimum atomic E-state index is 0.494. The van der Waals surface area contributed by atoms with Gasteiger partial charge < -0.3 is 5.32 Å². The van der Waals surface area contributed by atoms with Crippen molar-refractivity contribution in [3.05, 3.63) is 21.9 Å². The first kappa shape index (κ1) is 13.1. The minimum Gasteiger partial charge on any atom is -0.308 e. The molecule has 1 aromatic rings. The van der Waals surface area contributed by atoms with E-state index in [2.05, 4.69) is 43.1 Å². The molecule has 96 valence electrons. The molecule has 0 aromatic carbocycles. The van der Waals surface area contributed by atoms with Crippen LogP contribution in [0.25, 0.3) is 0 Å². The maximum absolute atomic E-state index is 3.69. The molecule has 0 bridgehead atoms. The lowest BCUT2D eigenvalue weighted by atomic mass is 10.2. The van der Waals surface area contributed by atoms with Crippen molar-refractivity contribution in [2.24, 2.45) is 0 Å². The molecule has 3 heteroatoms. The van der Waals surface area contributed by atoms with Gasteiger partial charge in [0.25, 0.3) is 0 Å². The predicted octanol–water partition coefficient (Wildman–Crippen LogP) is 3.19. The van der Waals surface area contributed by atoms with E-state index in [1.807, 2.05) is 11.3 Å². The maximum Gasteiger partial charge on any atom is 0.0386 e. The fourth-order valence-electron chi connectivity index (χ4n) is 2.64. The van der Waals surface area contributed by atoms with Crippen LogP contribution in [0.15, 0.2) is 12.1 Å². The Hall–Kier alpha value is -0.380. The molecule has 1 aromatic heterocycles. The summed E-state index contributed by atoms with van der Waals surface area (Å²) in [5.74, 6) is 0. The Balaban J connectivity index is 1.81. The summed E-state index contributed by atoms with van der Waals surface area (Å²) in [6, 6.07) is 5.72. The zero-order chi connectivity index (χ0) is 12.3. The Morgan fingerprint density at radius 3 is 3.00 bits per heavy atom. The van der Waals surface area contributed by atoms with Crippen molar-refractivity contribution in [2.75, 3.05) is 19.6 Å². The smallest absolute Gasteiger partial charge is 0.0386 e. The lowest BCUT2D eigenvalue weighted by molar-refractivity contribution is 0.255. The minimum absolute atomic E-state index is 0.494. The van der Waals surface area contributed by atoms with Crippen LogP contribution in [-0.2, 0) is 0 Å². The van der Waals surface area contributed by atoms with Crippen LogP contribution in [0.4, 0.5) is 0 Å². The summed E-state index contributed by atoms with van der Waals surface area (Å²) in [4.78, 5) is 5.47. The number of hydrogen-bond acceptors (Lipinski definition) is 3. The molecule has 1 aliphatic heterocycles. The fourth-order valence-corrected chi connectivity index (χ4v) is 3.55. The van der Waals surface area contributed by atoms with Crippen molar-refractivity contribution in [3.63, 3.8) is 0 Å². The number of likely N-dealkylation sites (tertiary alicyclic amines) is 1. The quantitative estimate of drug-likeness (QED) is 0.866. The third-order valence-corrected chi connectivity index (χ3v) is 4.94. The second-order valence-corrected chi connectivity index (χ2v) is 6.32. The predicted molar refractivity (Wildman–Crippen MR) is 75.7 cm³/mol. The lowest BCUT2D eigenvalue weighted by Gasteiger charge is -2.24. The van der Waals surface area contributed by atoms with Crippen LogP contribution in [0.3, 0.4) is 0 Å². The summed E-state index contributed by atoms with van der Waals surface area (Å²) >= 11 is 1.91. The third kappa shape index (κ3) is 3.30. The van der Waals surface area contributed by atoms with E-state index >= 15 is 0 Å². The molecule has 2 nitrogen and oxygen atoms in total. The molecule has 0 spiro atoms. The Labute approximate surface area is 109 Å². The van der Waals surface area contributed by atoms with Gasteiger partial charge in [0.05, 0.1) is 0 Å². The van der Waals surface area contributed by atoms with Gasteiger partial charge >= 0.3 is 0 Å². The summed E-state index contributed by atoms with van der Waals surface area (Å²) in [5, 5.41) is 3.69. The molecule has 2 atom stereocenters. The molecule has 2 rings (SSSR count).